The van der Waals surface area contributed by atoms with Crippen LogP contribution in [0.25, 0.3) is 10.9 Å². The molecule has 0 aliphatic carbocycles. The second kappa shape index (κ2) is 5.92. The van der Waals surface area contributed by atoms with E-state index < -0.39 is 0 Å². The molecule has 3 heteroatoms. The maximum atomic E-state index is 6.13. The number of hydrogen-bond acceptors (Lipinski definition) is 1. The molecular formula is C13H19ClN2. The Bertz CT molecular complexity index is 436. The molecule has 16 heavy (non-hydrogen) atoms. The number of nitrogens with one attached hydrogen (secondary N) is 1. The van der Waals surface area contributed by atoms with Crippen molar-refractivity contribution in [3.05, 3.63) is 36.0 Å². The Balaban J connectivity index is 0.00000128. The van der Waals surface area contributed by atoms with Crippen molar-refractivity contribution in [3.8, 4) is 0 Å². The van der Waals surface area contributed by atoms with Crippen LogP contribution in [0.15, 0.2) is 30.5 Å². The third-order valence-electron chi connectivity index (χ3n) is 2.88. The van der Waals surface area contributed by atoms with Gasteiger partial charge in [-0.2, -0.15) is 0 Å². The number of aromatic nitrogens is 1. The van der Waals surface area contributed by atoms with E-state index >= 15 is 0 Å². The van der Waals surface area contributed by atoms with Crippen LogP contribution in [0.2, 0.25) is 0 Å². The molecule has 1 aromatic heterocycles. The normalized spacial score (nSPS) is 12.4. The molecule has 1 heterocycles. The minimum absolute atomic E-state index is 0. The van der Waals surface area contributed by atoms with Crippen LogP contribution in [0.3, 0.4) is 0 Å². The Morgan fingerprint density at radius 1 is 1.31 bits per heavy atom. The Hall–Kier alpha value is -0.990. The van der Waals surface area contributed by atoms with E-state index in [0.29, 0.717) is 0 Å². The number of nitrogens with two attached hydrogens (primary N) is 1. The molecule has 0 aliphatic rings. The third-order valence-corrected chi connectivity index (χ3v) is 2.88. The van der Waals surface area contributed by atoms with Crippen LogP contribution in [0.1, 0.15) is 37.8 Å². The summed E-state index contributed by atoms with van der Waals surface area (Å²) in [4.78, 5) is 3.22. The largest absolute Gasteiger partial charge is 0.361 e. The van der Waals surface area contributed by atoms with E-state index in [0.717, 1.165) is 6.42 Å². The van der Waals surface area contributed by atoms with Crippen molar-refractivity contribution in [2.24, 2.45) is 5.73 Å². The molecule has 0 saturated carbocycles. The highest BCUT2D eigenvalue weighted by Crippen LogP contribution is 2.21. The summed E-state index contributed by atoms with van der Waals surface area (Å²) >= 11 is 0. The average molecular weight is 239 g/mol. The first-order valence-electron chi connectivity index (χ1n) is 5.64. The molecule has 1 atom stereocenters. The van der Waals surface area contributed by atoms with Gasteiger partial charge in [0.05, 0.1) is 0 Å². The van der Waals surface area contributed by atoms with Gasteiger partial charge in [-0.1, -0.05) is 31.9 Å². The van der Waals surface area contributed by atoms with E-state index in [2.05, 4.69) is 36.2 Å². The first kappa shape index (κ1) is 13.1. The Labute approximate surface area is 103 Å². The minimum Gasteiger partial charge on any atom is -0.361 e. The van der Waals surface area contributed by atoms with Crippen molar-refractivity contribution in [3.63, 3.8) is 0 Å². The fourth-order valence-corrected chi connectivity index (χ4v) is 1.89. The maximum absolute atomic E-state index is 6.13. The fourth-order valence-electron chi connectivity index (χ4n) is 1.89. The van der Waals surface area contributed by atoms with Crippen molar-refractivity contribution in [2.45, 2.75) is 32.2 Å². The number of fused-ring (bicyclic) bond motifs is 1. The van der Waals surface area contributed by atoms with E-state index in [9.17, 15) is 0 Å². The molecule has 2 rings (SSSR count). The first-order chi connectivity index (χ1) is 7.31. The molecule has 0 bridgehead atoms. The van der Waals surface area contributed by atoms with Gasteiger partial charge < -0.3 is 10.7 Å². The van der Waals surface area contributed by atoms with Crippen LogP contribution in [0.4, 0.5) is 0 Å². The predicted molar refractivity (Wildman–Crippen MR) is 72.0 cm³/mol. The first-order valence-corrected chi connectivity index (χ1v) is 5.64. The fraction of sp³-hybridized carbons (Fsp3) is 0.385. The molecule has 0 aliphatic heterocycles. The van der Waals surface area contributed by atoms with Crippen LogP contribution >= 0.6 is 12.4 Å². The molecule has 0 unspecified atom stereocenters. The number of halogens is 1. The van der Waals surface area contributed by atoms with Crippen molar-refractivity contribution in [1.29, 1.82) is 0 Å². The number of unbranched alkanes of at least 4 members (excludes halogenated alkanes) is 1. The second-order valence-electron chi connectivity index (χ2n) is 4.07. The molecule has 0 amide bonds. The lowest BCUT2D eigenvalue weighted by atomic mass is 10.0. The van der Waals surface area contributed by atoms with Gasteiger partial charge in [-0.15, -0.1) is 12.4 Å². The highest BCUT2D eigenvalue weighted by atomic mass is 35.5. The average Bonchev–Trinajstić information content (AvgIpc) is 2.72. The Morgan fingerprint density at radius 2 is 2.12 bits per heavy atom. The summed E-state index contributed by atoms with van der Waals surface area (Å²) in [5.41, 5.74) is 8.54. The molecular weight excluding hydrogens is 220 g/mol. The van der Waals surface area contributed by atoms with E-state index in [-0.39, 0.29) is 18.4 Å². The lowest BCUT2D eigenvalue weighted by Crippen LogP contribution is -2.09. The highest BCUT2D eigenvalue weighted by molar-refractivity contribution is 5.85. The topological polar surface area (TPSA) is 41.8 Å². The number of hydrogen-bond donors (Lipinski definition) is 2. The molecule has 2 nitrogen and oxygen atoms in total. The van der Waals surface area contributed by atoms with Crippen LogP contribution in [0, 0.1) is 0 Å². The summed E-state index contributed by atoms with van der Waals surface area (Å²) in [5, 5.41) is 1.25. The third kappa shape index (κ3) is 2.77. The Morgan fingerprint density at radius 3 is 2.88 bits per heavy atom. The van der Waals surface area contributed by atoms with Crippen LogP contribution in [0.5, 0.6) is 0 Å². The Kier molecular flexibility index (Phi) is 4.84. The van der Waals surface area contributed by atoms with Gasteiger partial charge in [0.25, 0.3) is 0 Å². The zero-order valence-corrected chi connectivity index (χ0v) is 10.4. The SMILES string of the molecule is CCCC[C@@H](N)c1ccc2cc[nH]c2c1.Cl. The number of H-pyrrole nitrogens is 1. The van der Waals surface area contributed by atoms with Gasteiger partial charge >= 0.3 is 0 Å². The number of rotatable bonds is 4. The predicted octanol–water partition coefficient (Wildman–Crippen LogP) is 3.78. The number of benzene rings is 1. The second-order valence-corrected chi connectivity index (χ2v) is 4.07. The monoisotopic (exact) mass is 238 g/mol. The van der Waals surface area contributed by atoms with E-state index in [1.165, 1.54) is 29.3 Å². The summed E-state index contributed by atoms with van der Waals surface area (Å²) in [6, 6.07) is 8.69. The quantitative estimate of drug-likeness (QED) is 0.836. The number of aromatic amines is 1. The molecule has 0 fully saturated rings. The lowest BCUT2D eigenvalue weighted by Gasteiger charge is -2.11. The van der Waals surface area contributed by atoms with Crippen molar-refractivity contribution in [2.75, 3.05) is 0 Å². The van der Waals surface area contributed by atoms with Gasteiger partial charge in [-0.05, 0) is 29.5 Å². The molecule has 3 N–H and O–H groups in total. The summed E-state index contributed by atoms with van der Waals surface area (Å²) in [7, 11) is 0. The summed E-state index contributed by atoms with van der Waals surface area (Å²) < 4.78 is 0. The lowest BCUT2D eigenvalue weighted by molar-refractivity contribution is 0.604. The van der Waals surface area contributed by atoms with Crippen molar-refractivity contribution >= 4 is 23.3 Å². The zero-order chi connectivity index (χ0) is 10.7. The van der Waals surface area contributed by atoms with Crippen LogP contribution < -0.4 is 5.73 Å². The van der Waals surface area contributed by atoms with Gasteiger partial charge in [0.15, 0.2) is 0 Å². The van der Waals surface area contributed by atoms with Crippen molar-refractivity contribution in [1.82, 2.24) is 4.98 Å². The van der Waals surface area contributed by atoms with E-state index in [1.54, 1.807) is 0 Å². The standard InChI is InChI=1S/C13H18N2.ClH/c1-2-3-4-12(14)11-6-5-10-7-8-15-13(10)9-11;/h5-9,12,15H,2-4,14H2,1H3;1H/t12-;/m1./s1. The van der Waals surface area contributed by atoms with E-state index in [4.69, 9.17) is 5.73 Å². The maximum Gasteiger partial charge on any atom is 0.0457 e. The minimum atomic E-state index is 0. The van der Waals surface area contributed by atoms with Gasteiger partial charge in [0.1, 0.15) is 0 Å². The molecule has 1 aromatic carbocycles. The van der Waals surface area contributed by atoms with Crippen LogP contribution in [-0.4, -0.2) is 4.98 Å². The van der Waals surface area contributed by atoms with Gasteiger partial charge in [0.2, 0.25) is 0 Å². The smallest absolute Gasteiger partial charge is 0.0457 e. The summed E-state index contributed by atoms with van der Waals surface area (Å²) in [5.74, 6) is 0. The molecule has 0 spiro atoms. The van der Waals surface area contributed by atoms with Crippen LogP contribution in [-0.2, 0) is 0 Å². The molecule has 88 valence electrons. The zero-order valence-electron chi connectivity index (χ0n) is 9.57. The highest BCUT2D eigenvalue weighted by Gasteiger charge is 2.06. The summed E-state index contributed by atoms with van der Waals surface area (Å²) in [6.07, 6.45) is 5.44. The van der Waals surface area contributed by atoms with Gasteiger partial charge in [-0.25, -0.2) is 0 Å². The van der Waals surface area contributed by atoms with Gasteiger partial charge in [0, 0.05) is 17.8 Å². The van der Waals surface area contributed by atoms with E-state index in [1.807, 2.05) is 6.20 Å². The molecule has 2 aromatic rings. The molecule has 0 radical (unpaired) electrons. The van der Waals surface area contributed by atoms with Crippen molar-refractivity contribution < 1.29 is 0 Å². The van der Waals surface area contributed by atoms with Gasteiger partial charge in [-0.3, -0.25) is 0 Å². The molecule has 0 saturated heterocycles. The summed E-state index contributed by atoms with van der Waals surface area (Å²) in [6.45, 7) is 2.20.